The fraction of sp³-hybridized carbons (Fsp3) is 0.312. The minimum Gasteiger partial charge on any atom is -0.338 e. The summed E-state index contributed by atoms with van der Waals surface area (Å²) in [5.41, 5.74) is 1.98. The van der Waals surface area contributed by atoms with Gasteiger partial charge >= 0.3 is 0 Å². The van der Waals surface area contributed by atoms with Crippen LogP contribution in [-0.2, 0) is 6.42 Å². The molecule has 1 aromatic carbocycles. The highest BCUT2D eigenvalue weighted by Crippen LogP contribution is 2.16. The number of hydrogen-bond donors (Lipinski definition) is 1. The Labute approximate surface area is 135 Å². The molecule has 5 nitrogen and oxygen atoms in total. The molecule has 0 saturated heterocycles. The molecule has 118 valence electrons. The van der Waals surface area contributed by atoms with Gasteiger partial charge in [0.1, 0.15) is 0 Å². The van der Waals surface area contributed by atoms with Crippen LogP contribution in [0.25, 0.3) is 0 Å². The summed E-state index contributed by atoms with van der Waals surface area (Å²) in [5, 5.41) is 16.6. The second-order valence-corrected chi connectivity index (χ2v) is 5.52. The van der Waals surface area contributed by atoms with E-state index in [9.17, 15) is 10.1 Å². The molecule has 0 saturated carbocycles. The van der Waals surface area contributed by atoms with Crippen molar-refractivity contribution in [2.24, 2.45) is 4.99 Å². The average molecular weight is 319 g/mol. The number of unbranched alkanes of at least 4 members (excludes halogenated alkanes) is 1. The first kappa shape index (κ1) is 18.0. The number of non-ortho nitro benzene ring substituents is 1. The maximum absolute atomic E-state index is 10.9. The van der Waals surface area contributed by atoms with Gasteiger partial charge in [-0.2, -0.15) is 0 Å². The zero-order chi connectivity index (χ0) is 16.4. The van der Waals surface area contributed by atoms with Crippen LogP contribution in [0.2, 0.25) is 0 Å². The number of thioether (sulfide) groups is 1. The first-order valence-electron chi connectivity index (χ1n) is 7.04. The molecule has 0 bridgehead atoms. The Balaban J connectivity index is 2.91. The van der Waals surface area contributed by atoms with Crippen molar-refractivity contribution in [3.8, 4) is 0 Å². The molecule has 0 aliphatic heterocycles. The molecule has 0 aliphatic carbocycles. The van der Waals surface area contributed by atoms with E-state index in [1.807, 2.05) is 6.07 Å². The summed E-state index contributed by atoms with van der Waals surface area (Å²) in [6.07, 6.45) is 4.67. The molecule has 0 atom stereocenters. The monoisotopic (exact) mass is 319 g/mol. The molecule has 1 aromatic rings. The summed E-state index contributed by atoms with van der Waals surface area (Å²) in [5.74, 6) is 0. The van der Waals surface area contributed by atoms with Gasteiger partial charge in [-0.05, 0) is 17.4 Å². The Morgan fingerprint density at radius 2 is 2.32 bits per heavy atom. The van der Waals surface area contributed by atoms with Crippen LogP contribution in [0, 0.1) is 10.1 Å². The Morgan fingerprint density at radius 1 is 1.55 bits per heavy atom. The number of nitro benzene ring substituents is 1. The molecule has 0 fully saturated rings. The molecular formula is C16H21N3O2S. The largest absolute Gasteiger partial charge is 0.338 e. The minimum atomic E-state index is -0.376. The van der Waals surface area contributed by atoms with Crippen LogP contribution >= 0.6 is 11.8 Å². The lowest BCUT2D eigenvalue weighted by Gasteiger charge is -2.12. The number of rotatable bonds is 7. The fourth-order valence-electron chi connectivity index (χ4n) is 1.84. The second-order valence-electron chi connectivity index (χ2n) is 4.56. The van der Waals surface area contributed by atoms with Crippen LogP contribution in [0.15, 0.2) is 53.0 Å². The predicted molar refractivity (Wildman–Crippen MR) is 94.1 cm³/mol. The Hall–Kier alpha value is -2.08. The molecule has 0 amide bonds. The lowest BCUT2D eigenvalue weighted by molar-refractivity contribution is -0.384. The van der Waals surface area contributed by atoms with Gasteiger partial charge in [-0.15, -0.1) is 0 Å². The summed E-state index contributed by atoms with van der Waals surface area (Å²) in [7, 11) is 1.71. The highest BCUT2D eigenvalue weighted by Gasteiger charge is 2.08. The van der Waals surface area contributed by atoms with Gasteiger partial charge in [0.2, 0.25) is 0 Å². The van der Waals surface area contributed by atoms with Crippen molar-refractivity contribution in [3.05, 3.63) is 63.7 Å². The maximum atomic E-state index is 10.9. The summed E-state index contributed by atoms with van der Waals surface area (Å²) in [6, 6.07) is 6.69. The van der Waals surface area contributed by atoms with Crippen molar-refractivity contribution in [2.75, 3.05) is 7.05 Å². The Morgan fingerprint density at radius 3 is 2.91 bits per heavy atom. The van der Waals surface area contributed by atoms with Gasteiger partial charge in [-0.1, -0.05) is 49.9 Å². The van der Waals surface area contributed by atoms with Crippen LogP contribution in [-0.4, -0.2) is 17.1 Å². The number of nitrogens with zero attached hydrogens (tertiary/aromatic N) is 2. The third-order valence-corrected chi connectivity index (χ3v) is 3.54. The van der Waals surface area contributed by atoms with Gasteiger partial charge < -0.3 is 5.32 Å². The minimum absolute atomic E-state index is 0.109. The van der Waals surface area contributed by atoms with Crippen molar-refractivity contribution < 1.29 is 4.92 Å². The van der Waals surface area contributed by atoms with Gasteiger partial charge in [0.25, 0.3) is 5.69 Å². The quantitative estimate of drug-likeness (QED) is 0.353. The molecule has 1 N–H and O–H groups in total. The van der Waals surface area contributed by atoms with Gasteiger partial charge in [0, 0.05) is 31.3 Å². The molecule has 6 heteroatoms. The van der Waals surface area contributed by atoms with E-state index in [2.05, 4.69) is 29.9 Å². The molecule has 0 unspecified atom stereocenters. The normalized spacial score (nSPS) is 12.1. The highest BCUT2D eigenvalue weighted by atomic mass is 32.2. The van der Waals surface area contributed by atoms with Gasteiger partial charge in [0.15, 0.2) is 5.17 Å². The maximum Gasteiger partial charge on any atom is 0.269 e. The molecule has 0 spiro atoms. The first-order chi connectivity index (χ1) is 10.6. The molecule has 1 rings (SSSR count). The topological polar surface area (TPSA) is 67.5 Å². The second kappa shape index (κ2) is 9.78. The number of aliphatic imine (C=N–C) groups is 1. The van der Waals surface area contributed by atoms with E-state index in [1.165, 1.54) is 17.8 Å². The van der Waals surface area contributed by atoms with Crippen molar-refractivity contribution in [2.45, 2.75) is 26.2 Å². The summed E-state index contributed by atoms with van der Waals surface area (Å²) >= 11 is 1.41. The number of allylic oxidation sites excluding steroid dienone is 2. The summed E-state index contributed by atoms with van der Waals surface area (Å²) in [6.45, 7) is 5.79. The average Bonchev–Trinajstić information content (AvgIpc) is 2.52. The van der Waals surface area contributed by atoms with E-state index >= 15 is 0 Å². The van der Waals surface area contributed by atoms with Crippen LogP contribution < -0.4 is 5.32 Å². The van der Waals surface area contributed by atoms with Crippen molar-refractivity contribution in [1.82, 2.24) is 5.32 Å². The van der Waals surface area contributed by atoms with Crippen molar-refractivity contribution >= 4 is 22.6 Å². The lowest BCUT2D eigenvalue weighted by Crippen LogP contribution is -2.21. The van der Waals surface area contributed by atoms with Crippen LogP contribution in [0.4, 0.5) is 5.69 Å². The van der Waals surface area contributed by atoms with Gasteiger partial charge in [-0.3, -0.25) is 15.1 Å². The molecule has 0 heterocycles. The third-order valence-electron chi connectivity index (χ3n) is 2.86. The highest BCUT2D eigenvalue weighted by molar-refractivity contribution is 8.16. The van der Waals surface area contributed by atoms with E-state index in [0.717, 1.165) is 29.3 Å². The molecular weight excluding hydrogens is 298 g/mol. The van der Waals surface area contributed by atoms with Crippen LogP contribution in [0.1, 0.15) is 25.3 Å². The van der Waals surface area contributed by atoms with Crippen molar-refractivity contribution in [3.63, 3.8) is 0 Å². The van der Waals surface area contributed by atoms with Gasteiger partial charge in [-0.25, -0.2) is 0 Å². The zero-order valence-corrected chi connectivity index (χ0v) is 13.7. The summed E-state index contributed by atoms with van der Waals surface area (Å²) in [4.78, 5) is 14.6. The fourth-order valence-corrected chi connectivity index (χ4v) is 2.29. The van der Waals surface area contributed by atoms with Crippen molar-refractivity contribution in [1.29, 1.82) is 0 Å². The smallest absolute Gasteiger partial charge is 0.269 e. The van der Waals surface area contributed by atoms with E-state index in [0.29, 0.717) is 6.42 Å². The Bertz CT molecular complexity index is 583. The van der Waals surface area contributed by atoms with Crippen LogP contribution in [0.5, 0.6) is 0 Å². The van der Waals surface area contributed by atoms with E-state index in [-0.39, 0.29) is 10.6 Å². The Kier molecular flexibility index (Phi) is 7.99. The lowest BCUT2D eigenvalue weighted by atomic mass is 10.1. The third kappa shape index (κ3) is 6.13. The molecule has 0 aromatic heterocycles. The molecule has 0 radical (unpaired) electrons. The zero-order valence-electron chi connectivity index (χ0n) is 12.9. The number of nitro groups is 1. The summed E-state index contributed by atoms with van der Waals surface area (Å²) < 4.78 is 0. The SMILES string of the molecule is C=CSC(=NC)NC(=CCCC)Cc1cccc([N+](=O)[O-])c1. The molecule has 0 aliphatic rings. The van der Waals surface area contributed by atoms with E-state index < -0.39 is 0 Å². The standard InChI is InChI=1S/C16H21N3O2S/c1-4-6-9-14(18-16(17-3)22-5-2)11-13-8-7-10-15(12-13)19(20)21/h5,7-10,12H,2,4,6,11H2,1,3H3,(H,17,18). The number of benzene rings is 1. The number of nitrogens with one attached hydrogen (secondary N) is 1. The van der Waals surface area contributed by atoms with Gasteiger partial charge in [0.05, 0.1) is 4.92 Å². The number of hydrogen-bond acceptors (Lipinski definition) is 4. The predicted octanol–water partition coefficient (Wildman–Crippen LogP) is 4.27. The van der Waals surface area contributed by atoms with E-state index in [1.54, 1.807) is 24.6 Å². The van der Waals surface area contributed by atoms with E-state index in [4.69, 9.17) is 0 Å². The van der Waals surface area contributed by atoms with Crippen LogP contribution in [0.3, 0.4) is 0 Å². The first-order valence-corrected chi connectivity index (χ1v) is 7.92. The molecule has 22 heavy (non-hydrogen) atoms. The number of amidine groups is 1.